The number of carbonyl (C=O) groups excluding carboxylic acids is 1. The summed E-state index contributed by atoms with van der Waals surface area (Å²) in [6.07, 6.45) is 3.27. The van der Waals surface area contributed by atoms with Gasteiger partial charge in [0, 0.05) is 25.3 Å². The molecule has 0 spiro atoms. The fraction of sp³-hybridized carbons (Fsp3) is 0.391. The Morgan fingerprint density at radius 3 is 2.67 bits per heavy atom. The van der Waals surface area contributed by atoms with Crippen molar-refractivity contribution in [3.63, 3.8) is 0 Å². The molecule has 9 nitrogen and oxygen atoms in total. The van der Waals surface area contributed by atoms with Gasteiger partial charge in [-0.05, 0) is 48.4 Å². The number of carbonyl (C=O) groups is 1. The van der Waals surface area contributed by atoms with Gasteiger partial charge in [0.05, 0.1) is 24.7 Å². The van der Waals surface area contributed by atoms with Crippen LogP contribution in [0.3, 0.4) is 0 Å². The SMILES string of the molecule is O=C1CCCN1c1ccc(Cn2nc3n(C[C@@H]4CCCO4)c(=O)c4sccc4n3c2=O)cc1. The van der Waals surface area contributed by atoms with Crippen LogP contribution in [-0.4, -0.2) is 43.9 Å². The first-order chi connectivity index (χ1) is 16.1. The van der Waals surface area contributed by atoms with Gasteiger partial charge in [-0.15, -0.1) is 16.4 Å². The largest absolute Gasteiger partial charge is 0.376 e. The Balaban J connectivity index is 1.39. The average Bonchev–Trinajstić information content (AvgIpc) is 3.61. The lowest BCUT2D eigenvalue weighted by Crippen LogP contribution is -2.29. The van der Waals surface area contributed by atoms with Gasteiger partial charge in [0.25, 0.3) is 5.56 Å². The molecule has 1 amide bonds. The van der Waals surface area contributed by atoms with E-state index in [1.807, 2.05) is 29.6 Å². The van der Waals surface area contributed by atoms with Crippen LogP contribution in [-0.2, 0) is 22.6 Å². The van der Waals surface area contributed by atoms with Gasteiger partial charge >= 0.3 is 5.69 Å². The predicted molar refractivity (Wildman–Crippen MR) is 125 cm³/mol. The van der Waals surface area contributed by atoms with Crippen molar-refractivity contribution in [1.82, 2.24) is 18.7 Å². The normalized spacial score (nSPS) is 18.8. The molecule has 5 heterocycles. The molecule has 1 aromatic carbocycles. The molecule has 10 heteroatoms. The van der Waals surface area contributed by atoms with E-state index in [0.717, 1.165) is 37.1 Å². The predicted octanol–water partition coefficient (Wildman–Crippen LogP) is 2.23. The van der Waals surface area contributed by atoms with Crippen molar-refractivity contribution < 1.29 is 9.53 Å². The number of nitrogens with zero attached hydrogens (tertiary/aromatic N) is 5. The van der Waals surface area contributed by atoms with Gasteiger partial charge in [0.1, 0.15) is 4.70 Å². The Labute approximate surface area is 192 Å². The molecule has 0 bridgehead atoms. The van der Waals surface area contributed by atoms with Gasteiger partial charge in [-0.25, -0.2) is 13.9 Å². The molecule has 1 atom stereocenters. The van der Waals surface area contributed by atoms with E-state index in [9.17, 15) is 14.4 Å². The van der Waals surface area contributed by atoms with Gasteiger partial charge < -0.3 is 9.64 Å². The van der Waals surface area contributed by atoms with Crippen molar-refractivity contribution >= 4 is 38.9 Å². The number of hydrogen-bond donors (Lipinski definition) is 0. The summed E-state index contributed by atoms with van der Waals surface area (Å²) in [5.41, 5.74) is 1.93. The molecular formula is C23H23N5O4S. The molecule has 2 fully saturated rings. The molecule has 170 valence electrons. The highest BCUT2D eigenvalue weighted by atomic mass is 32.1. The van der Waals surface area contributed by atoms with Crippen LogP contribution in [0.15, 0.2) is 45.3 Å². The van der Waals surface area contributed by atoms with E-state index in [2.05, 4.69) is 5.10 Å². The summed E-state index contributed by atoms with van der Waals surface area (Å²) in [5.74, 6) is 0.481. The van der Waals surface area contributed by atoms with Gasteiger partial charge in [-0.1, -0.05) is 12.1 Å². The first-order valence-corrected chi connectivity index (χ1v) is 12.1. The summed E-state index contributed by atoms with van der Waals surface area (Å²) in [6.45, 7) is 2.08. The van der Waals surface area contributed by atoms with Crippen LogP contribution in [0.2, 0.25) is 0 Å². The fourth-order valence-corrected chi connectivity index (χ4v) is 5.59. The van der Waals surface area contributed by atoms with E-state index in [-0.39, 0.29) is 29.8 Å². The van der Waals surface area contributed by atoms with E-state index in [1.165, 1.54) is 20.4 Å². The zero-order chi connectivity index (χ0) is 22.5. The maximum absolute atomic E-state index is 13.3. The van der Waals surface area contributed by atoms with Gasteiger partial charge in [-0.3, -0.25) is 14.2 Å². The van der Waals surface area contributed by atoms with E-state index in [1.54, 1.807) is 15.5 Å². The highest BCUT2D eigenvalue weighted by molar-refractivity contribution is 7.17. The molecule has 33 heavy (non-hydrogen) atoms. The second-order valence-corrected chi connectivity index (χ2v) is 9.49. The number of benzene rings is 1. The first-order valence-electron chi connectivity index (χ1n) is 11.2. The second kappa shape index (κ2) is 7.96. The Hall–Kier alpha value is -3.24. The lowest BCUT2D eigenvalue weighted by atomic mass is 10.2. The van der Waals surface area contributed by atoms with E-state index >= 15 is 0 Å². The molecule has 0 N–H and O–H groups in total. The van der Waals surface area contributed by atoms with Crippen LogP contribution in [0.25, 0.3) is 16.0 Å². The number of thiophene rings is 1. The summed E-state index contributed by atoms with van der Waals surface area (Å²) in [4.78, 5) is 40.3. The molecule has 6 rings (SSSR count). The number of anilines is 1. The van der Waals surface area contributed by atoms with Gasteiger partial charge in [-0.2, -0.15) is 0 Å². The van der Waals surface area contributed by atoms with Crippen molar-refractivity contribution in [1.29, 1.82) is 0 Å². The number of hydrogen-bond acceptors (Lipinski definition) is 6. The van der Waals surface area contributed by atoms with Crippen molar-refractivity contribution in [3.05, 3.63) is 62.1 Å². The minimum Gasteiger partial charge on any atom is -0.376 e. The van der Waals surface area contributed by atoms with E-state index < -0.39 is 0 Å². The maximum Gasteiger partial charge on any atom is 0.352 e. The lowest BCUT2D eigenvalue weighted by molar-refractivity contribution is -0.117. The van der Waals surface area contributed by atoms with Crippen LogP contribution in [0.5, 0.6) is 0 Å². The maximum atomic E-state index is 13.3. The van der Waals surface area contributed by atoms with Gasteiger partial charge in [0.2, 0.25) is 11.7 Å². The molecule has 0 saturated carbocycles. The molecule has 3 aromatic heterocycles. The van der Waals surface area contributed by atoms with E-state index in [0.29, 0.717) is 35.6 Å². The number of aromatic nitrogens is 4. The molecule has 4 aromatic rings. The molecule has 2 saturated heterocycles. The minimum absolute atomic E-state index is 0.0509. The third-order valence-corrected chi connectivity index (χ3v) is 7.34. The quantitative estimate of drug-likeness (QED) is 0.451. The monoisotopic (exact) mass is 465 g/mol. The molecule has 0 radical (unpaired) electrons. The zero-order valence-corrected chi connectivity index (χ0v) is 18.8. The topological polar surface area (TPSA) is 90.8 Å². The zero-order valence-electron chi connectivity index (χ0n) is 18.0. The lowest BCUT2D eigenvalue weighted by Gasteiger charge is -2.15. The summed E-state index contributed by atoms with van der Waals surface area (Å²) in [6, 6.07) is 9.43. The van der Waals surface area contributed by atoms with Crippen molar-refractivity contribution in [2.24, 2.45) is 0 Å². The number of ether oxygens (including phenoxy) is 1. The summed E-state index contributed by atoms with van der Waals surface area (Å²) >= 11 is 1.33. The van der Waals surface area contributed by atoms with Crippen LogP contribution in [0.1, 0.15) is 31.2 Å². The third kappa shape index (κ3) is 3.41. The summed E-state index contributed by atoms with van der Waals surface area (Å²) < 4.78 is 10.8. The molecular weight excluding hydrogens is 442 g/mol. The smallest absolute Gasteiger partial charge is 0.352 e. The average molecular weight is 466 g/mol. The van der Waals surface area contributed by atoms with Crippen LogP contribution in [0, 0.1) is 0 Å². The Kier molecular flexibility index (Phi) is 4.92. The summed E-state index contributed by atoms with van der Waals surface area (Å²) in [5, 5.41) is 6.39. The second-order valence-electron chi connectivity index (χ2n) is 8.58. The molecule has 2 aliphatic rings. The Bertz CT molecular complexity index is 1470. The third-order valence-electron chi connectivity index (χ3n) is 6.45. The van der Waals surface area contributed by atoms with E-state index in [4.69, 9.17) is 4.74 Å². The number of amides is 1. The standard InChI is InChI=1S/C23H23N5O4S/c29-19-4-1-10-25(19)16-7-5-15(6-8-16)13-27-23(31)28-18-9-12-33-20(18)21(30)26(22(28)24-27)14-17-3-2-11-32-17/h5-9,12,17H,1-4,10-11,13-14H2/t17-/m0/s1. The summed E-state index contributed by atoms with van der Waals surface area (Å²) in [7, 11) is 0. The highest BCUT2D eigenvalue weighted by Crippen LogP contribution is 2.22. The molecule has 0 aliphatic carbocycles. The Morgan fingerprint density at radius 1 is 1.09 bits per heavy atom. The molecule has 2 aliphatic heterocycles. The highest BCUT2D eigenvalue weighted by Gasteiger charge is 2.24. The van der Waals surface area contributed by atoms with Crippen molar-refractivity contribution in [3.8, 4) is 0 Å². The first kappa shape index (κ1) is 20.4. The van der Waals surface area contributed by atoms with Gasteiger partial charge in [0.15, 0.2) is 0 Å². The number of fused-ring (bicyclic) bond motifs is 3. The minimum atomic E-state index is -0.284. The fourth-order valence-electron chi connectivity index (χ4n) is 4.77. The molecule has 0 unspecified atom stereocenters. The van der Waals surface area contributed by atoms with Crippen molar-refractivity contribution in [2.45, 2.75) is 44.9 Å². The van der Waals surface area contributed by atoms with Crippen LogP contribution < -0.4 is 16.1 Å². The Morgan fingerprint density at radius 2 is 1.94 bits per heavy atom. The van der Waals surface area contributed by atoms with Crippen LogP contribution >= 0.6 is 11.3 Å². The van der Waals surface area contributed by atoms with Crippen molar-refractivity contribution in [2.75, 3.05) is 18.1 Å². The van der Waals surface area contributed by atoms with Crippen LogP contribution in [0.4, 0.5) is 5.69 Å². The number of rotatable bonds is 5.